The molecule has 1 aliphatic heterocycles. The van der Waals surface area contributed by atoms with Gasteiger partial charge in [0.05, 0.1) is 23.1 Å². The summed E-state index contributed by atoms with van der Waals surface area (Å²) in [6.45, 7) is 3.40. The van der Waals surface area contributed by atoms with Crippen LogP contribution in [0, 0.1) is 37.5 Å². The van der Waals surface area contributed by atoms with Gasteiger partial charge in [-0.05, 0) is 86.4 Å². The molecule has 8 heteroatoms. The average Bonchev–Trinajstić information content (AvgIpc) is 3.49. The van der Waals surface area contributed by atoms with Crippen LogP contribution in [0.15, 0.2) is 40.9 Å². The zero-order valence-corrected chi connectivity index (χ0v) is 20.6. The number of hydrogen-bond donors (Lipinski definition) is 1. The fourth-order valence-corrected chi connectivity index (χ4v) is 6.09. The molecule has 0 radical (unpaired) electrons. The van der Waals surface area contributed by atoms with Crippen molar-refractivity contribution in [3.63, 3.8) is 0 Å². The fraction of sp³-hybridized carbons (Fsp3) is 0.385. The molecule has 2 aromatic carbocycles. The van der Waals surface area contributed by atoms with Crippen LogP contribution in [0.4, 0.5) is 11.4 Å². The Labute approximate surface area is 206 Å². The molecule has 0 unspecified atom stereocenters. The third kappa shape index (κ3) is 3.83. The first-order valence-corrected chi connectivity index (χ1v) is 12.3. The quantitative estimate of drug-likeness (QED) is 0.462. The lowest BCUT2D eigenvalue weighted by Gasteiger charge is -2.19. The lowest BCUT2D eigenvalue weighted by Crippen LogP contribution is -2.32. The molecule has 1 heterocycles. The fourth-order valence-electron chi connectivity index (χ4n) is 5.86. The van der Waals surface area contributed by atoms with Gasteiger partial charge in [0.25, 0.3) is 5.91 Å². The van der Waals surface area contributed by atoms with Crippen molar-refractivity contribution in [3.05, 3.63) is 57.6 Å². The Hall–Kier alpha value is -3.00. The van der Waals surface area contributed by atoms with E-state index >= 15 is 0 Å². The molecular weight excluding hydrogens is 500 g/mol. The highest BCUT2D eigenvalue weighted by Crippen LogP contribution is 2.56. The van der Waals surface area contributed by atoms with Gasteiger partial charge in [-0.15, -0.1) is 0 Å². The van der Waals surface area contributed by atoms with Gasteiger partial charge in [0.15, 0.2) is 6.61 Å². The topological polar surface area (TPSA) is 92.8 Å². The number of anilines is 2. The molecule has 1 saturated heterocycles. The summed E-state index contributed by atoms with van der Waals surface area (Å²) in [6.07, 6.45) is 2.98. The number of imide groups is 1. The molecule has 176 valence electrons. The molecule has 2 bridgehead atoms. The number of ether oxygens (including phenoxy) is 1. The van der Waals surface area contributed by atoms with Gasteiger partial charge in [-0.1, -0.05) is 22.0 Å². The van der Waals surface area contributed by atoms with Crippen molar-refractivity contribution in [2.75, 3.05) is 16.8 Å². The number of rotatable bonds is 5. The number of benzene rings is 2. The van der Waals surface area contributed by atoms with E-state index in [-0.39, 0.29) is 29.2 Å². The number of halogens is 1. The average molecular weight is 525 g/mol. The second-order valence-electron chi connectivity index (χ2n) is 9.50. The lowest BCUT2D eigenvalue weighted by atomic mass is 9.81. The first-order chi connectivity index (χ1) is 16.2. The third-order valence-corrected chi connectivity index (χ3v) is 8.57. The minimum Gasteiger partial charge on any atom is -0.452 e. The molecular formula is C26H25BrN2O5. The van der Waals surface area contributed by atoms with E-state index in [1.807, 2.05) is 26.0 Å². The number of carbonyl (C=O) groups is 4. The maximum Gasteiger partial charge on any atom is 0.338 e. The van der Waals surface area contributed by atoms with Crippen molar-refractivity contribution >= 4 is 51.0 Å². The van der Waals surface area contributed by atoms with Crippen molar-refractivity contribution in [3.8, 4) is 0 Å². The standard InChI is InChI=1S/C26H25BrN2O5/c1-13-8-18(9-14(2)23(13)27)28-20(30)12-34-26(33)17-4-3-5-19(11-17)29-24(31)21-15-6-7-16(10-15)22(21)25(29)32/h3-5,8-9,11,15-16,21-22H,6-7,10,12H2,1-2H3,(H,28,30)/t15-,16-,21+,22+/m0/s1. The molecule has 3 aliphatic rings. The summed E-state index contributed by atoms with van der Waals surface area (Å²) < 4.78 is 6.16. The van der Waals surface area contributed by atoms with Crippen LogP contribution in [0.1, 0.15) is 40.7 Å². The van der Waals surface area contributed by atoms with Crippen LogP contribution >= 0.6 is 15.9 Å². The van der Waals surface area contributed by atoms with Gasteiger partial charge in [0, 0.05) is 10.2 Å². The van der Waals surface area contributed by atoms with E-state index in [2.05, 4.69) is 21.2 Å². The van der Waals surface area contributed by atoms with Crippen LogP contribution in [0.2, 0.25) is 0 Å². The van der Waals surface area contributed by atoms with E-state index in [9.17, 15) is 19.2 Å². The minimum absolute atomic E-state index is 0.160. The molecule has 5 rings (SSSR count). The SMILES string of the molecule is Cc1cc(NC(=O)COC(=O)c2cccc(N3C(=O)[C@@H]4[C@H]5CC[C@@H](C5)[C@H]4C3=O)c2)cc(C)c1Br. The number of esters is 1. The Morgan fingerprint density at radius 1 is 1.03 bits per heavy atom. The van der Waals surface area contributed by atoms with Crippen LogP contribution in [0.3, 0.4) is 0 Å². The van der Waals surface area contributed by atoms with Crippen LogP contribution in [0.25, 0.3) is 0 Å². The van der Waals surface area contributed by atoms with Gasteiger partial charge in [0.2, 0.25) is 11.8 Å². The van der Waals surface area contributed by atoms with Gasteiger partial charge >= 0.3 is 5.97 Å². The highest BCUT2D eigenvalue weighted by Gasteiger charge is 2.61. The summed E-state index contributed by atoms with van der Waals surface area (Å²) in [6, 6.07) is 9.95. The molecule has 1 N–H and O–H groups in total. The van der Waals surface area contributed by atoms with Crippen LogP contribution < -0.4 is 10.2 Å². The van der Waals surface area contributed by atoms with Crippen molar-refractivity contribution in [1.29, 1.82) is 0 Å². The Bertz CT molecular complexity index is 1170. The molecule has 2 aliphatic carbocycles. The van der Waals surface area contributed by atoms with Crippen molar-refractivity contribution in [1.82, 2.24) is 0 Å². The molecule has 3 fully saturated rings. The molecule has 2 aromatic rings. The smallest absolute Gasteiger partial charge is 0.338 e. The van der Waals surface area contributed by atoms with Gasteiger partial charge in [-0.25, -0.2) is 4.79 Å². The summed E-state index contributed by atoms with van der Waals surface area (Å²) in [5, 5.41) is 2.73. The summed E-state index contributed by atoms with van der Waals surface area (Å²) in [5.74, 6) is -1.34. The zero-order valence-electron chi connectivity index (χ0n) is 19.0. The number of nitrogens with zero attached hydrogens (tertiary/aromatic N) is 1. The van der Waals surface area contributed by atoms with Crippen LogP contribution in [-0.4, -0.2) is 30.3 Å². The summed E-state index contributed by atoms with van der Waals surface area (Å²) in [4.78, 5) is 52.3. The maximum atomic E-state index is 13.1. The first-order valence-electron chi connectivity index (χ1n) is 11.5. The van der Waals surface area contributed by atoms with E-state index in [1.165, 1.54) is 11.0 Å². The zero-order chi connectivity index (χ0) is 24.1. The predicted molar refractivity (Wildman–Crippen MR) is 129 cm³/mol. The molecule has 0 aromatic heterocycles. The second kappa shape index (κ2) is 8.65. The van der Waals surface area contributed by atoms with Gasteiger partial charge < -0.3 is 10.1 Å². The summed E-state index contributed by atoms with van der Waals surface area (Å²) >= 11 is 3.49. The normalized spacial score (nSPS) is 25.0. The number of nitrogens with one attached hydrogen (secondary N) is 1. The Kier molecular flexibility index (Phi) is 5.80. The monoisotopic (exact) mass is 524 g/mol. The van der Waals surface area contributed by atoms with E-state index < -0.39 is 18.5 Å². The molecule has 3 amide bonds. The van der Waals surface area contributed by atoms with Crippen LogP contribution in [-0.2, 0) is 19.1 Å². The molecule has 4 atom stereocenters. The van der Waals surface area contributed by atoms with Gasteiger partial charge in [-0.3, -0.25) is 19.3 Å². The maximum absolute atomic E-state index is 13.1. The Morgan fingerprint density at radius 2 is 1.65 bits per heavy atom. The second-order valence-corrected chi connectivity index (χ2v) is 10.3. The molecule has 2 saturated carbocycles. The Balaban J connectivity index is 1.24. The number of fused-ring (bicyclic) bond motifs is 5. The first kappa shape index (κ1) is 22.8. The number of amides is 3. The lowest BCUT2D eigenvalue weighted by molar-refractivity contribution is -0.123. The largest absolute Gasteiger partial charge is 0.452 e. The van der Waals surface area contributed by atoms with E-state index in [4.69, 9.17) is 4.74 Å². The van der Waals surface area contributed by atoms with E-state index in [1.54, 1.807) is 18.2 Å². The van der Waals surface area contributed by atoms with Crippen molar-refractivity contribution in [2.24, 2.45) is 23.7 Å². The number of carbonyl (C=O) groups excluding carboxylic acids is 4. The van der Waals surface area contributed by atoms with Crippen LogP contribution in [0.5, 0.6) is 0 Å². The highest BCUT2D eigenvalue weighted by molar-refractivity contribution is 9.10. The summed E-state index contributed by atoms with van der Waals surface area (Å²) in [7, 11) is 0. The van der Waals surface area contributed by atoms with Gasteiger partial charge in [0.1, 0.15) is 0 Å². The van der Waals surface area contributed by atoms with E-state index in [0.717, 1.165) is 34.9 Å². The predicted octanol–water partition coefficient (Wildman–Crippen LogP) is 4.40. The van der Waals surface area contributed by atoms with Crippen molar-refractivity contribution < 1.29 is 23.9 Å². The van der Waals surface area contributed by atoms with Crippen molar-refractivity contribution in [2.45, 2.75) is 33.1 Å². The molecule has 7 nitrogen and oxygen atoms in total. The minimum atomic E-state index is -0.695. The highest BCUT2D eigenvalue weighted by atomic mass is 79.9. The Morgan fingerprint density at radius 3 is 2.26 bits per heavy atom. The summed E-state index contributed by atoms with van der Waals surface area (Å²) in [5.41, 5.74) is 3.14. The number of aryl methyl sites for hydroxylation is 2. The number of hydrogen-bond acceptors (Lipinski definition) is 5. The third-order valence-electron chi connectivity index (χ3n) is 7.32. The molecule has 34 heavy (non-hydrogen) atoms. The molecule has 0 spiro atoms. The van der Waals surface area contributed by atoms with E-state index in [0.29, 0.717) is 23.2 Å². The van der Waals surface area contributed by atoms with Gasteiger partial charge in [-0.2, -0.15) is 0 Å².